The van der Waals surface area contributed by atoms with Gasteiger partial charge >= 0.3 is 6.18 Å². The number of thioether (sulfide) groups is 1. The first-order valence-corrected chi connectivity index (χ1v) is 6.96. The van der Waals surface area contributed by atoms with Gasteiger partial charge in [0.2, 0.25) is 0 Å². The van der Waals surface area contributed by atoms with Gasteiger partial charge in [-0.15, -0.1) is 11.8 Å². The fourth-order valence-electron chi connectivity index (χ4n) is 1.64. The number of alkyl halides is 3. The predicted molar refractivity (Wildman–Crippen MR) is 76.3 cm³/mol. The first-order chi connectivity index (χ1) is 9.88. The van der Waals surface area contributed by atoms with Crippen LogP contribution in [0.15, 0.2) is 47.5 Å². The van der Waals surface area contributed by atoms with Crippen molar-refractivity contribution in [3.05, 3.63) is 59.3 Å². The average Bonchev–Trinajstić information content (AvgIpc) is 2.45. The molecule has 0 saturated carbocycles. The lowest BCUT2D eigenvalue weighted by Crippen LogP contribution is -2.16. The normalized spacial score (nSPS) is 11.4. The van der Waals surface area contributed by atoms with Crippen LogP contribution in [0.4, 0.5) is 13.2 Å². The standard InChI is InChI=1S/C14H12F3N3S/c15-14(16,17)11-7-6-10(12(18)19)13(20-11)21-8-9-4-2-1-3-5-9/h1-7H,8H2,(H3,18,19). The van der Waals surface area contributed by atoms with Crippen molar-refractivity contribution < 1.29 is 13.2 Å². The highest BCUT2D eigenvalue weighted by Crippen LogP contribution is 2.31. The molecule has 0 radical (unpaired) electrons. The SMILES string of the molecule is N=C(N)c1ccc(C(F)(F)F)nc1SCc1ccccc1. The summed E-state index contributed by atoms with van der Waals surface area (Å²) in [7, 11) is 0. The summed E-state index contributed by atoms with van der Waals surface area (Å²) in [6.45, 7) is 0. The molecule has 2 aromatic rings. The molecule has 1 aromatic carbocycles. The van der Waals surface area contributed by atoms with Gasteiger partial charge in [0.25, 0.3) is 0 Å². The Morgan fingerprint density at radius 3 is 2.38 bits per heavy atom. The molecule has 0 fully saturated rings. The van der Waals surface area contributed by atoms with Crippen LogP contribution in [-0.4, -0.2) is 10.8 Å². The Labute approximate surface area is 123 Å². The second-order valence-corrected chi connectivity index (χ2v) is 5.20. The lowest BCUT2D eigenvalue weighted by atomic mass is 10.2. The fourth-order valence-corrected chi connectivity index (χ4v) is 2.63. The Hall–Kier alpha value is -2.02. The number of nitrogens with two attached hydrogens (primary N) is 1. The number of amidine groups is 1. The molecule has 110 valence electrons. The molecule has 0 saturated heterocycles. The molecular weight excluding hydrogens is 299 g/mol. The van der Waals surface area contributed by atoms with Crippen molar-refractivity contribution in [2.75, 3.05) is 0 Å². The summed E-state index contributed by atoms with van der Waals surface area (Å²) in [6.07, 6.45) is -4.52. The molecule has 2 rings (SSSR count). The lowest BCUT2D eigenvalue weighted by Gasteiger charge is -2.11. The van der Waals surface area contributed by atoms with Gasteiger partial charge in [-0.25, -0.2) is 4.98 Å². The van der Waals surface area contributed by atoms with Gasteiger partial charge in [0.15, 0.2) is 0 Å². The van der Waals surface area contributed by atoms with Crippen molar-refractivity contribution in [2.45, 2.75) is 17.0 Å². The first-order valence-electron chi connectivity index (χ1n) is 5.97. The van der Waals surface area contributed by atoms with E-state index in [0.29, 0.717) is 5.75 Å². The number of benzene rings is 1. The largest absolute Gasteiger partial charge is 0.433 e. The van der Waals surface area contributed by atoms with Crippen molar-refractivity contribution in [3.63, 3.8) is 0 Å². The molecule has 3 N–H and O–H groups in total. The molecule has 0 bridgehead atoms. The summed E-state index contributed by atoms with van der Waals surface area (Å²) in [5.41, 5.74) is 5.57. The van der Waals surface area contributed by atoms with Crippen LogP contribution in [0.1, 0.15) is 16.8 Å². The minimum atomic E-state index is -4.52. The molecule has 0 spiro atoms. The van der Waals surface area contributed by atoms with Crippen LogP contribution in [0.25, 0.3) is 0 Å². The minimum absolute atomic E-state index is 0.112. The Morgan fingerprint density at radius 2 is 1.81 bits per heavy atom. The number of halogens is 3. The molecule has 0 aliphatic heterocycles. The summed E-state index contributed by atoms with van der Waals surface area (Å²) in [6, 6.07) is 11.3. The summed E-state index contributed by atoms with van der Waals surface area (Å²) >= 11 is 1.13. The Kier molecular flexibility index (Phi) is 4.52. The smallest absolute Gasteiger partial charge is 0.384 e. The maximum absolute atomic E-state index is 12.7. The van der Waals surface area contributed by atoms with Gasteiger partial charge in [0.05, 0.1) is 0 Å². The highest BCUT2D eigenvalue weighted by atomic mass is 32.2. The maximum atomic E-state index is 12.7. The van der Waals surface area contributed by atoms with Crippen LogP contribution in [0.2, 0.25) is 0 Å². The van der Waals surface area contributed by atoms with E-state index in [2.05, 4.69) is 4.98 Å². The van der Waals surface area contributed by atoms with Crippen LogP contribution in [0.5, 0.6) is 0 Å². The van der Waals surface area contributed by atoms with Gasteiger partial charge in [0, 0.05) is 11.3 Å². The zero-order valence-corrected chi connectivity index (χ0v) is 11.6. The third kappa shape index (κ3) is 3.98. The van der Waals surface area contributed by atoms with Crippen LogP contribution in [0, 0.1) is 5.41 Å². The van der Waals surface area contributed by atoms with Gasteiger partial charge in [0.1, 0.15) is 16.6 Å². The zero-order valence-electron chi connectivity index (χ0n) is 10.8. The summed E-state index contributed by atoms with van der Waals surface area (Å²) in [5, 5.41) is 7.54. The van der Waals surface area contributed by atoms with E-state index < -0.39 is 11.9 Å². The van der Waals surface area contributed by atoms with Crippen LogP contribution < -0.4 is 5.73 Å². The van der Waals surface area contributed by atoms with Gasteiger partial charge in [-0.1, -0.05) is 30.3 Å². The van der Waals surface area contributed by atoms with E-state index in [9.17, 15) is 13.2 Å². The van der Waals surface area contributed by atoms with E-state index in [-0.39, 0.29) is 16.4 Å². The van der Waals surface area contributed by atoms with Crippen LogP contribution in [0.3, 0.4) is 0 Å². The van der Waals surface area contributed by atoms with E-state index in [1.165, 1.54) is 6.07 Å². The van der Waals surface area contributed by atoms with Gasteiger partial charge in [-0.2, -0.15) is 13.2 Å². The number of hydrogen-bond acceptors (Lipinski definition) is 3. The fraction of sp³-hybridized carbons (Fsp3) is 0.143. The molecule has 0 unspecified atom stereocenters. The van der Waals surface area contributed by atoms with Gasteiger partial charge in [-0.05, 0) is 17.7 Å². The summed E-state index contributed by atoms with van der Waals surface area (Å²) in [5.74, 6) is 0.155. The number of nitrogen functional groups attached to an aromatic ring is 1. The molecule has 7 heteroatoms. The molecule has 0 aliphatic rings. The van der Waals surface area contributed by atoms with Crippen molar-refractivity contribution in [1.29, 1.82) is 5.41 Å². The Morgan fingerprint density at radius 1 is 1.14 bits per heavy atom. The maximum Gasteiger partial charge on any atom is 0.433 e. The second kappa shape index (κ2) is 6.17. The average molecular weight is 311 g/mol. The first kappa shape index (κ1) is 15.4. The number of pyridine rings is 1. The molecular formula is C14H12F3N3S. The Balaban J connectivity index is 2.29. The number of nitrogens with zero attached hydrogens (tertiary/aromatic N) is 1. The third-order valence-electron chi connectivity index (χ3n) is 2.66. The zero-order chi connectivity index (χ0) is 15.5. The molecule has 3 nitrogen and oxygen atoms in total. The molecule has 0 amide bonds. The monoisotopic (exact) mass is 311 g/mol. The second-order valence-electron chi connectivity index (χ2n) is 4.23. The highest BCUT2D eigenvalue weighted by molar-refractivity contribution is 7.98. The number of nitrogens with one attached hydrogen (secondary N) is 1. The predicted octanol–water partition coefficient (Wildman–Crippen LogP) is 3.68. The lowest BCUT2D eigenvalue weighted by molar-refractivity contribution is -0.141. The third-order valence-corrected chi connectivity index (χ3v) is 3.72. The van der Waals surface area contributed by atoms with E-state index in [1.807, 2.05) is 30.3 Å². The van der Waals surface area contributed by atoms with Crippen LogP contribution >= 0.6 is 11.8 Å². The van der Waals surface area contributed by atoms with Crippen molar-refractivity contribution in [3.8, 4) is 0 Å². The molecule has 1 heterocycles. The molecule has 1 aromatic heterocycles. The quantitative estimate of drug-likeness (QED) is 0.514. The summed E-state index contributed by atoms with van der Waals surface area (Å²) in [4.78, 5) is 3.60. The number of aromatic nitrogens is 1. The topological polar surface area (TPSA) is 62.8 Å². The van der Waals surface area contributed by atoms with E-state index in [4.69, 9.17) is 11.1 Å². The summed E-state index contributed by atoms with van der Waals surface area (Å²) < 4.78 is 38.1. The van der Waals surface area contributed by atoms with Gasteiger partial charge < -0.3 is 5.73 Å². The van der Waals surface area contributed by atoms with Crippen LogP contribution in [-0.2, 0) is 11.9 Å². The number of rotatable bonds is 4. The van der Waals surface area contributed by atoms with E-state index >= 15 is 0 Å². The van der Waals surface area contributed by atoms with Crippen molar-refractivity contribution in [1.82, 2.24) is 4.98 Å². The Bertz CT molecular complexity index is 642. The molecule has 0 atom stereocenters. The van der Waals surface area contributed by atoms with Crippen molar-refractivity contribution in [2.24, 2.45) is 5.73 Å². The van der Waals surface area contributed by atoms with Crippen molar-refractivity contribution >= 4 is 17.6 Å². The molecule has 21 heavy (non-hydrogen) atoms. The van der Waals surface area contributed by atoms with Gasteiger partial charge in [-0.3, -0.25) is 5.41 Å². The van der Waals surface area contributed by atoms with E-state index in [0.717, 1.165) is 23.4 Å². The minimum Gasteiger partial charge on any atom is -0.384 e. The highest BCUT2D eigenvalue weighted by Gasteiger charge is 2.33. The molecule has 0 aliphatic carbocycles. The van der Waals surface area contributed by atoms with E-state index in [1.54, 1.807) is 0 Å². The number of hydrogen-bond donors (Lipinski definition) is 2.